The van der Waals surface area contributed by atoms with Gasteiger partial charge in [-0.1, -0.05) is 12.1 Å². The Labute approximate surface area is 194 Å². The summed E-state index contributed by atoms with van der Waals surface area (Å²) in [4.78, 5) is 28.6. The van der Waals surface area contributed by atoms with Gasteiger partial charge in [-0.15, -0.1) is 0 Å². The van der Waals surface area contributed by atoms with E-state index in [0.717, 1.165) is 6.08 Å². The lowest BCUT2D eigenvalue weighted by molar-refractivity contribution is -0.131. The van der Waals surface area contributed by atoms with Crippen molar-refractivity contribution in [3.63, 3.8) is 0 Å². The van der Waals surface area contributed by atoms with E-state index in [-0.39, 0.29) is 22.8 Å². The summed E-state index contributed by atoms with van der Waals surface area (Å²) in [5.41, 5.74) is 2.63. The summed E-state index contributed by atoms with van der Waals surface area (Å²) >= 11 is 0. The molecule has 4 aromatic rings. The molecule has 0 aliphatic rings. The Bertz CT molecular complexity index is 1440. The Kier molecular flexibility index (Phi) is 6.10. The lowest BCUT2D eigenvalue weighted by Crippen LogP contribution is -2.09. The van der Waals surface area contributed by atoms with E-state index in [4.69, 9.17) is 9.84 Å². The first-order valence-electron chi connectivity index (χ1n) is 10.3. The number of aryl methyl sites for hydroxylation is 2. The number of ketones is 1. The number of phenolic OH excluding ortho intramolecular Hbond substituents is 1. The first-order chi connectivity index (χ1) is 16.2. The summed E-state index contributed by atoms with van der Waals surface area (Å²) in [6.45, 7) is 3.33. The number of phenols is 1. The number of nitrogens with zero attached hydrogens (tertiary/aromatic N) is 1. The molecule has 0 aliphatic heterocycles. The summed E-state index contributed by atoms with van der Waals surface area (Å²) in [6, 6.07) is 13.8. The fraction of sp³-hybridized carbons (Fsp3) is 0.0741. The molecule has 0 fully saturated rings. The second-order valence-electron chi connectivity index (χ2n) is 7.79. The molecule has 0 saturated carbocycles. The Morgan fingerprint density at radius 1 is 1.00 bits per heavy atom. The highest BCUT2D eigenvalue weighted by atomic mass is 19.1. The second-order valence-corrected chi connectivity index (χ2v) is 7.79. The van der Waals surface area contributed by atoms with Crippen LogP contribution in [-0.4, -0.2) is 26.9 Å². The minimum absolute atomic E-state index is 0.0184. The van der Waals surface area contributed by atoms with Crippen molar-refractivity contribution in [3.05, 3.63) is 101 Å². The summed E-state index contributed by atoms with van der Waals surface area (Å²) in [6.07, 6.45) is 3.86. The van der Waals surface area contributed by atoms with Crippen LogP contribution < -0.4 is 4.74 Å². The van der Waals surface area contributed by atoms with Gasteiger partial charge in [-0.2, -0.15) is 0 Å². The molecule has 0 unspecified atom stereocenters. The lowest BCUT2D eigenvalue weighted by Gasteiger charge is -2.15. The van der Waals surface area contributed by atoms with Crippen LogP contribution in [0.2, 0.25) is 0 Å². The zero-order chi connectivity index (χ0) is 24.4. The Hall–Kier alpha value is -4.52. The van der Waals surface area contributed by atoms with Crippen LogP contribution in [-0.2, 0) is 4.79 Å². The van der Waals surface area contributed by atoms with E-state index in [2.05, 4.69) is 4.98 Å². The molecule has 0 amide bonds. The Morgan fingerprint density at radius 3 is 2.32 bits per heavy atom. The van der Waals surface area contributed by atoms with Crippen LogP contribution in [0, 0.1) is 19.7 Å². The molecule has 3 aromatic carbocycles. The van der Waals surface area contributed by atoms with Crippen LogP contribution in [0.5, 0.6) is 17.2 Å². The largest absolute Gasteiger partial charge is 0.508 e. The van der Waals surface area contributed by atoms with Gasteiger partial charge < -0.3 is 14.9 Å². The number of carbonyl (C=O) groups excluding carboxylic acids is 1. The molecule has 1 heterocycles. The SMILES string of the molecule is Cc1cc(F)cc(C)c1C(=O)c1cnc2cc(O)ccc2c1Oc1ccc(/C=C/C(=O)O)cc1. The predicted octanol–water partition coefficient (Wildman–Crippen LogP) is 5.82. The monoisotopic (exact) mass is 457 g/mol. The molecule has 0 radical (unpaired) electrons. The molecule has 0 spiro atoms. The average Bonchev–Trinajstić information content (AvgIpc) is 2.77. The van der Waals surface area contributed by atoms with E-state index in [0.29, 0.717) is 38.9 Å². The van der Waals surface area contributed by atoms with Crippen LogP contribution in [0.15, 0.2) is 66.9 Å². The first kappa shape index (κ1) is 22.7. The maximum atomic E-state index is 13.8. The molecule has 4 rings (SSSR count). The molecule has 0 atom stereocenters. The van der Waals surface area contributed by atoms with Gasteiger partial charge in [0.2, 0.25) is 0 Å². The molecule has 0 aliphatic carbocycles. The number of carboxylic acids is 1. The van der Waals surface area contributed by atoms with E-state index in [1.807, 2.05) is 0 Å². The molecule has 0 bridgehead atoms. The van der Waals surface area contributed by atoms with E-state index in [1.54, 1.807) is 44.2 Å². The molecule has 6 nitrogen and oxygen atoms in total. The summed E-state index contributed by atoms with van der Waals surface area (Å²) < 4.78 is 19.9. The van der Waals surface area contributed by atoms with Gasteiger partial charge in [0, 0.05) is 29.3 Å². The molecule has 170 valence electrons. The van der Waals surface area contributed by atoms with Crippen LogP contribution in [0.25, 0.3) is 17.0 Å². The number of hydrogen-bond donors (Lipinski definition) is 2. The second kappa shape index (κ2) is 9.15. The molecule has 1 aromatic heterocycles. The minimum Gasteiger partial charge on any atom is -0.508 e. The van der Waals surface area contributed by atoms with Gasteiger partial charge >= 0.3 is 5.97 Å². The standard InChI is InChI=1S/C27H20FNO5/c1-15-11-18(28)12-16(2)25(15)26(33)22-14-29-23-13-19(30)6-9-21(23)27(22)34-20-7-3-17(4-8-20)5-10-24(31)32/h3-14,30H,1-2H3,(H,31,32)/b10-5+. The van der Waals surface area contributed by atoms with Crippen LogP contribution >= 0.6 is 0 Å². The third kappa shape index (κ3) is 4.63. The number of benzene rings is 3. The molecule has 34 heavy (non-hydrogen) atoms. The molecule has 2 N–H and O–H groups in total. The number of carboxylic acid groups (broad SMARTS) is 1. The van der Waals surface area contributed by atoms with Gasteiger partial charge in [0.15, 0.2) is 5.78 Å². The number of halogens is 1. The highest BCUT2D eigenvalue weighted by Crippen LogP contribution is 2.36. The first-order valence-corrected chi connectivity index (χ1v) is 10.3. The number of aromatic hydroxyl groups is 1. The van der Waals surface area contributed by atoms with Gasteiger partial charge in [-0.05, 0) is 73.0 Å². The normalized spacial score (nSPS) is 11.1. The zero-order valence-electron chi connectivity index (χ0n) is 18.4. The number of aromatic nitrogens is 1. The maximum Gasteiger partial charge on any atom is 0.328 e. The smallest absolute Gasteiger partial charge is 0.328 e. The summed E-state index contributed by atoms with van der Waals surface area (Å²) in [7, 11) is 0. The Morgan fingerprint density at radius 2 is 1.68 bits per heavy atom. The highest BCUT2D eigenvalue weighted by molar-refractivity contribution is 6.14. The summed E-state index contributed by atoms with van der Waals surface area (Å²) in [5.74, 6) is -1.17. The van der Waals surface area contributed by atoms with Crippen molar-refractivity contribution in [2.24, 2.45) is 0 Å². The van der Waals surface area contributed by atoms with Crippen molar-refractivity contribution in [3.8, 4) is 17.2 Å². The van der Waals surface area contributed by atoms with Crippen molar-refractivity contribution in [2.45, 2.75) is 13.8 Å². The number of ether oxygens (including phenoxy) is 1. The van der Waals surface area contributed by atoms with Gasteiger partial charge in [-0.3, -0.25) is 9.78 Å². The number of pyridine rings is 1. The topological polar surface area (TPSA) is 96.7 Å². The van der Waals surface area contributed by atoms with E-state index in [1.165, 1.54) is 36.5 Å². The zero-order valence-corrected chi connectivity index (χ0v) is 18.4. The van der Waals surface area contributed by atoms with E-state index >= 15 is 0 Å². The number of aliphatic carboxylic acids is 1. The number of fused-ring (bicyclic) bond motifs is 1. The molecule has 7 heteroatoms. The van der Waals surface area contributed by atoms with Crippen molar-refractivity contribution in [2.75, 3.05) is 0 Å². The van der Waals surface area contributed by atoms with Crippen molar-refractivity contribution >= 4 is 28.7 Å². The van der Waals surface area contributed by atoms with Crippen LogP contribution in [0.3, 0.4) is 0 Å². The van der Waals surface area contributed by atoms with Crippen LogP contribution in [0.1, 0.15) is 32.6 Å². The molecular weight excluding hydrogens is 437 g/mol. The molecular formula is C27H20FNO5. The van der Waals surface area contributed by atoms with E-state index < -0.39 is 11.8 Å². The van der Waals surface area contributed by atoms with Gasteiger partial charge in [0.25, 0.3) is 0 Å². The lowest BCUT2D eigenvalue weighted by atomic mass is 9.94. The minimum atomic E-state index is -1.05. The van der Waals surface area contributed by atoms with Crippen molar-refractivity contribution in [1.29, 1.82) is 0 Å². The van der Waals surface area contributed by atoms with Gasteiger partial charge in [-0.25, -0.2) is 9.18 Å². The average molecular weight is 457 g/mol. The third-order valence-electron chi connectivity index (χ3n) is 5.29. The fourth-order valence-corrected chi connectivity index (χ4v) is 3.76. The van der Waals surface area contributed by atoms with Gasteiger partial charge in [0.05, 0.1) is 11.1 Å². The number of hydrogen-bond acceptors (Lipinski definition) is 5. The predicted molar refractivity (Wildman–Crippen MR) is 126 cm³/mol. The third-order valence-corrected chi connectivity index (χ3v) is 5.29. The van der Waals surface area contributed by atoms with E-state index in [9.17, 15) is 19.1 Å². The van der Waals surface area contributed by atoms with Crippen molar-refractivity contribution < 1.29 is 28.9 Å². The number of rotatable bonds is 6. The maximum absolute atomic E-state index is 13.8. The van der Waals surface area contributed by atoms with Crippen LogP contribution in [0.4, 0.5) is 4.39 Å². The van der Waals surface area contributed by atoms with Crippen molar-refractivity contribution in [1.82, 2.24) is 4.98 Å². The van der Waals surface area contributed by atoms with Gasteiger partial charge in [0.1, 0.15) is 23.1 Å². The number of carbonyl (C=O) groups is 2. The quantitative estimate of drug-likeness (QED) is 0.280. The molecule has 0 saturated heterocycles. The highest BCUT2D eigenvalue weighted by Gasteiger charge is 2.22. The fourth-order valence-electron chi connectivity index (χ4n) is 3.76. The summed E-state index contributed by atoms with van der Waals surface area (Å²) in [5, 5.41) is 19.2. The Balaban J connectivity index is 1.82.